The zero-order valence-electron chi connectivity index (χ0n) is 19.2. The van der Waals surface area contributed by atoms with E-state index in [9.17, 15) is 18.0 Å². The number of benzene rings is 1. The van der Waals surface area contributed by atoms with Crippen molar-refractivity contribution in [2.45, 2.75) is 58.4 Å². The first-order chi connectivity index (χ1) is 15.0. The lowest BCUT2D eigenvalue weighted by Crippen LogP contribution is -2.47. The standard InChI is InChI=1S/C21H31N5O4S2/c1-7-26(8-2)32(29,30)16-11-9-10-15(12-16)18(27)22-17(13(3)4)19(28)23-21-25-24-20(31-21)14(5)6/h9-14,17H,7-8H2,1-6H3,(H,22,27)(H,23,25,28)/t17-/m0/s1. The fourth-order valence-electron chi connectivity index (χ4n) is 2.97. The molecule has 11 heteroatoms. The number of sulfonamides is 1. The van der Waals surface area contributed by atoms with Gasteiger partial charge < -0.3 is 5.32 Å². The number of hydrogen-bond acceptors (Lipinski definition) is 7. The Morgan fingerprint density at radius 3 is 2.28 bits per heavy atom. The summed E-state index contributed by atoms with van der Waals surface area (Å²) in [5, 5.41) is 14.6. The summed E-state index contributed by atoms with van der Waals surface area (Å²) >= 11 is 1.29. The van der Waals surface area contributed by atoms with E-state index in [-0.39, 0.29) is 22.3 Å². The zero-order chi connectivity index (χ0) is 24.1. The van der Waals surface area contributed by atoms with Crippen LogP contribution in [0, 0.1) is 5.92 Å². The Hall–Kier alpha value is -2.37. The van der Waals surface area contributed by atoms with E-state index in [2.05, 4.69) is 20.8 Å². The van der Waals surface area contributed by atoms with Crippen molar-refractivity contribution in [3.05, 3.63) is 34.8 Å². The number of nitrogens with one attached hydrogen (secondary N) is 2. The minimum absolute atomic E-state index is 0.0365. The summed E-state index contributed by atoms with van der Waals surface area (Å²) in [6.07, 6.45) is 0. The SMILES string of the molecule is CCN(CC)S(=O)(=O)c1cccc(C(=O)N[C@H](C(=O)Nc2nnc(C(C)C)s2)C(C)C)c1. The number of rotatable bonds is 10. The molecule has 2 amide bonds. The predicted octanol–water partition coefficient (Wildman–Crippen LogP) is 3.09. The van der Waals surface area contributed by atoms with Crippen LogP contribution in [0.3, 0.4) is 0 Å². The second kappa shape index (κ2) is 11.0. The third-order valence-corrected chi connectivity index (χ3v) is 8.02. The van der Waals surface area contributed by atoms with Crippen LogP contribution in [-0.4, -0.2) is 53.9 Å². The molecule has 2 aromatic rings. The average molecular weight is 482 g/mol. The number of anilines is 1. The van der Waals surface area contributed by atoms with Gasteiger partial charge in [0.1, 0.15) is 11.0 Å². The Bertz CT molecular complexity index is 1050. The lowest BCUT2D eigenvalue weighted by atomic mass is 10.0. The van der Waals surface area contributed by atoms with E-state index in [1.165, 1.54) is 39.9 Å². The van der Waals surface area contributed by atoms with Crippen molar-refractivity contribution >= 4 is 38.3 Å². The highest BCUT2D eigenvalue weighted by atomic mass is 32.2. The van der Waals surface area contributed by atoms with Crippen molar-refractivity contribution in [1.29, 1.82) is 0 Å². The van der Waals surface area contributed by atoms with Gasteiger partial charge in [0.2, 0.25) is 21.1 Å². The van der Waals surface area contributed by atoms with Crippen molar-refractivity contribution in [1.82, 2.24) is 19.8 Å². The number of amides is 2. The lowest BCUT2D eigenvalue weighted by molar-refractivity contribution is -0.118. The third kappa shape index (κ3) is 6.11. The quantitative estimate of drug-likeness (QED) is 0.538. The van der Waals surface area contributed by atoms with Crippen LogP contribution >= 0.6 is 11.3 Å². The molecule has 0 radical (unpaired) electrons. The van der Waals surface area contributed by atoms with Crippen LogP contribution in [0.5, 0.6) is 0 Å². The smallest absolute Gasteiger partial charge is 0.251 e. The Balaban J connectivity index is 2.20. The van der Waals surface area contributed by atoms with Crippen LogP contribution in [-0.2, 0) is 14.8 Å². The van der Waals surface area contributed by atoms with E-state index < -0.39 is 27.9 Å². The molecule has 0 saturated carbocycles. The predicted molar refractivity (Wildman–Crippen MR) is 125 cm³/mol. The molecule has 0 aliphatic rings. The molecular weight excluding hydrogens is 450 g/mol. The number of nitrogens with zero attached hydrogens (tertiary/aromatic N) is 3. The van der Waals surface area contributed by atoms with Gasteiger partial charge in [-0.05, 0) is 24.1 Å². The van der Waals surface area contributed by atoms with Gasteiger partial charge in [-0.15, -0.1) is 10.2 Å². The van der Waals surface area contributed by atoms with Gasteiger partial charge in [0.25, 0.3) is 5.91 Å². The average Bonchev–Trinajstić information content (AvgIpc) is 3.21. The maximum absolute atomic E-state index is 12.9. The summed E-state index contributed by atoms with van der Waals surface area (Å²) in [6.45, 7) is 11.8. The largest absolute Gasteiger partial charge is 0.340 e. The number of carbonyl (C=O) groups is 2. The van der Waals surface area contributed by atoms with E-state index in [1.54, 1.807) is 13.8 Å². The Kier molecular flexibility index (Phi) is 8.88. The van der Waals surface area contributed by atoms with Crippen molar-refractivity contribution in [2.75, 3.05) is 18.4 Å². The van der Waals surface area contributed by atoms with Gasteiger partial charge in [-0.2, -0.15) is 4.31 Å². The van der Waals surface area contributed by atoms with Crippen LogP contribution in [0.4, 0.5) is 5.13 Å². The summed E-state index contributed by atoms with van der Waals surface area (Å²) in [4.78, 5) is 25.7. The molecule has 0 saturated heterocycles. The summed E-state index contributed by atoms with van der Waals surface area (Å²) < 4.78 is 26.9. The van der Waals surface area contributed by atoms with Gasteiger partial charge in [0.05, 0.1) is 4.90 Å². The maximum atomic E-state index is 12.9. The molecule has 176 valence electrons. The molecule has 32 heavy (non-hydrogen) atoms. The third-order valence-electron chi connectivity index (χ3n) is 4.84. The molecule has 0 aliphatic heterocycles. The number of aromatic nitrogens is 2. The summed E-state index contributed by atoms with van der Waals surface area (Å²) in [5.74, 6) is -0.958. The highest BCUT2D eigenvalue weighted by Crippen LogP contribution is 2.23. The van der Waals surface area contributed by atoms with E-state index in [0.717, 1.165) is 5.01 Å². The van der Waals surface area contributed by atoms with Gasteiger partial charge >= 0.3 is 0 Å². The number of carbonyl (C=O) groups excluding carboxylic acids is 2. The van der Waals surface area contributed by atoms with Crippen molar-refractivity contribution in [3.63, 3.8) is 0 Å². The maximum Gasteiger partial charge on any atom is 0.251 e. The van der Waals surface area contributed by atoms with Crippen LogP contribution in [0.15, 0.2) is 29.2 Å². The van der Waals surface area contributed by atoms with Crippen LogP contribution in [0.1, 0.15) is 62.8 Å². The molecule has 0 spiro atoms. The molecule has 0 unspecified atom stereocenters. The lowest BCUT2D eigenvalue weighted by Gasteiger charge is -2.21. The first-order valence-corrected chi connectivity index (χ1v) is 12.8. The first kappa shape index (κ1) is 25.9. The molecule has 0 aliphatic carbocycles. The highest BCUT2D eigenvalue weighted by molar-refractivity contribution is 7.89. The topological polar surface area (TPSA) is 121 Å². The fraction of sp³-hybridized carbons (Fsp3) is 0.524. The van der Waals surface area contributed by atoms with Gasteiger partial charge in [-0.3, -0.25) is 14.9 Å². The van der Waals surface area contributed by atoms with E-state index in [4.69, 9.17) is 0 Å². The van der Waals surface area contributed by atoms with Crippen molar-refractivity contribution in [2.24, 2.45) is 5.92 Å². The van der Waals surface area contributed by atoms with E-state index in [1.807, 2.05) is 27.7 Å². The van der Waals surface area contributed by atoms with E-state index in [0.29, 0.717) is 18.2 Å². The monoisotopic (exact) mass is 481 g/mol. The molecule has 9 nitrogen and oxygen atoms in total. The molecule has 1 aromatic carbocycles. The summed E-state index contributed by atoms with van der Waals surface area (Å²) in [5.41, 5.74) is 0.162. The molecule has 0 fully saturated rings. The molecule has 1 atom stereocenters. The normalized spacial score (nSPS) is 12.9. The second-order valence-electron chi connectivity index (χ2n) is 7.90. The van der Waals surface area contributed by atoms with Gasteiger partial charge in [-0.1, -0.05) is 58.9 Å². The fourth-order valence-corrected chi connectivity index (χ4v) is 5.22. The van der Waals surface area contributed by atoms with Crippen molar-refractivity contribution in [3.8, 4) is 0 Å². The highest BCUT2D eigenvalue weighted by Gasteiger charge is 2.27. The minimum atomic E-state index is -3.70. The summed E-state index contributed by atoms with van der Waals surface area (Å²) in [7, 11) is -3.70. The molecule has 1 heterocycles. The zero-order valence-corrected chi connectivity index (χ0v) is 20.9. The summed E-state index contributed by atoms with van der Waals surface area (Å²) in [6, 6.07) is 4.99. The molecular formula is C21H31N5O4S2. The minimum Gasteiger partial charge on any atom is -0.340 e. The van der Waals surface area contributed by atoms with Crippen LogP contribution in [0.25, 0.3) is 0 Å². The molecule has 1 aromatic heterocycles. The first-order valence-electron chi connectivity index (χ1n) is 10.6. The van der Waals surface area contributed by atoms with Gasteiger partial charge in [0.15, 0.2) is 0 Å². The molecule has 2 N–H and O–H groups in total. The van der Waals surface area contributed by atoms with E-state index >= 15 is 0 Å². The molecule has 2 rings (SSSR count). The van der Waals surface area contributed by atoms with Gasteiger partial charge in [0, 0.05) is 24.6 Å². The second-order valence-corrected chi connectivity index (χ2v) is 10.8. The van der Waals surface area contributed by atoms with Crippen LogP contribution < -0.4 is 10.6 Å². The van der Waals surface area contributed by atoms with Crippen LogP contribution in [0.2, 0.25) is 0 Å². The number of hydrogen-bond donors (Lipinski definition) is 2. The Morgan fingerprint density at radius 2 is 1.75 bits per heavy atom. The van der Waals surface area contributed by atoms with Crippen molar-refractivity contribution < 1.29 is 18.0 Å². The van der Waals surface area contributed by atoms with Gasteiger partial charge in [-0.25, -0.2) is 8.42 Å². The Labute approximate surface area is 193 Å². The molecule has 0 bridgehead atoms. The Morgan fingerprint density at radius 1 is 1.09 bits per heavy atom.